The first-order chi connectivity index (χ1) is 17.3. The molecule has 2 aliphatic rings. The highest BCUT2D eigenvalue weighted by Crippen LogP contribution is 2.27. The highest BCUT2D eigenvalue weighted by Gasteiger charge is 2.29. The molecule has 1 aromatic carbocycles. The minimum absolute atomic E-state index is 0.0152. The first kappa shape index (κ1) is 25.2. The predicted molar refractivity (Wildman–Crippen MR) is 137 cm³/mol. The quantitative estimate of drug-likeness (QED) is 0.620. The number of hydrogen-bond donors (Lipinski definition) is 0. The van der Waals surface area contributed by atoms with E-state index in [0.29, 0.717) is 50.4 Å². The van der Waals surface area contributed by atoms with Gasteiger partial charge >= 0.3 is 0 Å². The molecule has 0 atom stereocenters. The second kappa shape index (κ2) is 10.8. The van der Waals surface area contributed by atoms with Crippen molar-refractivity contribution in [3.63, 3.8) is 0 Å². The summed E-state index contributed by atoms with van der Waals surface area (Å²) < 4.78 is 0. The van der Waals surface area contributed by atoms with Gasteiger partial charge in [0.15, 0.2) is 0 Å². The summed E-state index contributed by atoms with van der Waals surface area (Å²) in [5.41, 5.74) is 3.42. The van der Waals surface area contributed by atoms with Crippen LogP contribution in [0.1, 0.15) is 51.1 Å². The Morgan fingerprint density at radius 1 is 1.08 bits per heavy atom. The number of nitriles is 1. The number of benzene rings is 1. The Kier molecular flexibility index (Phi) is 7.53. The van der Waals surface area contributed by atoms with Crippen molar-refractivity contribution in [2.24, 2.45) is 0 Å². The molecule has 0 radical (unpaired) electrons. The highest BCUT2D eigenvalue weighted by molar-refractivity contribution is 6.08. The summed E-state index contributed by atoms with van der Waals surface area (Å²) >= 11 is 0. The molecule has 9 heteroatoms. The number of pyridine rings is 1. The molecule has 36 heavy (non-hydrogen) atoms. The predicted octanol–water partition coefficient (Wildman–Crippen LogP) is 2.77. The van der Waals surface area contributed by atoms with Crippen molar-refractivity contribution >= 4 is 29.2 Å². The largest absolute Gasteiger partial charge is 0.353 e. The summed E-state index contributed by atoms with van der Waals surface area (Å²) in [6.45, 7) is 7.23. The van der Waals surface area contributed by atoms with E-state index in [2.05, 4.69) is 16.0 Å². The maximum atomic E-state index is 13.6. The lowest BCUT2D eigenvalue weighted by molar-refractivity contribution is -0.117. The van der Waals surface area contributed by atoms with Gasteiger partial charge in [0.05, 0.1) is 23.6 Å². The molecule has 0 N–H and O–H groups in total. The van der Waals surface area contributed by atoms with Crippen LogP contribution in [0.3, 0.4) is 0 Å². The van der Waals surface area contributed by atoms with E-state index >= 15 is 0 Å². The smallest absolute Gasteiger partial charge is 0.254 e. The fourth-order valence-electron chi connectivity index (χ4n) is 4.84. The third kappa shape index (κ3) is 5.18. The molecule has 188 valence electrons. The van der Waals surface area contributed by atoms with Gasteiger partial charge < -0.3 is 19.6 Å². The lowest BCUT2D eigenvalue weighted by Gasteiger charge is -2.36. The summed E-state index contributed by atoms with van der Waals surface area (Å²) in [5, 5.41) is 8.93. The van der Waals surface area contributed by atoms with Gasteiger partial charge in [-0.3, -0.25) is 14.4 Å². The summed E-state index contributed by atoms with van der Waals surface area (Å²) in [6, 6.07) is 9.21. The number of carbonyl (C=O) groups is 3. The molecule has 0 saturated carbocycles. The van der Waals surface area contributed by atoms with Crippen molar-refractivity contribution in [3.8, 4) is 6.07 Å². The van der Waals surface area contributed by atoms with Crippen LogP contribution < -0.4 is 9.80 Å². The Morgan fingerprint density at radius 2 is 1.83 bits per heavy atom. The van der Waals surface area contributed by atoms with Crippen molar-refractivity contribution in [3.05, 3.63) is 52.7 Å². The zero-order valence-electron chi connectivity index (χ0n) is 21.2. The van der Waals surface area contributed by atoms with Crippen molar-refractivity contribution in [2.75, 3.05) is 56.1 Å². The van der Waals surface area contributed by atoms with Gasteiger partial charge in [-0.2, -0.15) is 5.26 Å². The lowest BCUT2D eigenvalue weighted by atomic mass is 10.0. The molecular formula is C27H32N6O3. The molecule has 0 bridgehead atoms. The van der Waals surface area contributed by atoms with Crippen LogP contribution in [0.15, 0.2) is 30.5 Å². The SMILES string of the molecule is Cc1cnc(N2CCN(C(=O)c3ccc(N4CCCC4=O)cc3C(=O)N(C)CCC#N)CC2)c(C)c1. The zero-order valence-corrected chi connectivity index (χ0v) is 21.2. The molecule has 2 aliphatic heterocycles. The maximum Gasteiger partial charge on any atom is 0.254 e. The normalized spacial score (nSPS) is 15.7. The van der Waals surface area contributed by atoms with Gasteiger partial charge in [-0.25, -0.2) is 4.98 Å². The number of aryl methyl sites for hydroxylation is 2. The van der Waals surface area contributed by atoms with E-state index in [-0.39, 0.29) is 36.3 Å². The van der Waals surface area contributed by atoms with Crippen molar-refractivity contribution in [1.29, 1.82) is 5.26 Å². The Morgan fingerprint density at radius 3 is 2.47 bits per heavy atom. The second-order valence-corrected chi connectivity index (χ2v) is 9.45. The highest BCUT2D eigenvalue weighted by atomic mass is 16.2. The van der Waals surface area contributed by atoms with Gasteiger partial charge in [0, 0.05) is 64.6 Å². The Balaban J connectivity index is 1.56. The number of hydrogen-bond acceptors (Lipinski definition) is 6. The first-order valence-electron chi connectivity index (χ1n) is 12.3. The van der Waals surface area contributed by atoms with Gasteiger partial charge in [0.2, 0.25) is 5.91 Å². The van der Waals surface area contributed by atoms with E-state index in [1.54, 1.807) is 35.0 Å². The number of piperazine rings is 1. The average molecular weight is 489 g/mol. The summed E-state index contributed by atoms with van der Waals surface area (Å²) in [7, 11) is 1.62. The fourth-order valence-corrected chi connectivity index (χ4v) is 4.84. The molecule has 9 nitrogen and oxygen atoms in total. The number of anilines is 2. The number of nitrogens with zero attached hydrogens (tertiary/aromatic N) is 6. The molecule has 3 amide bonds. The van der Waals surface area contributed by atoms with Gasteiger partial charge in [0.1, 0.15) is 5.82 Å². The van der Waals surface area contributed by atoms with Crippen molar-refractivity contribution in [1.82, 2.24) is 14.8 Å². The van der Waals surface area contributed by atoms with E-state index in [1.807, 2.05) is 26.1 Å². The van der Waals surface area contributed by atoms with Crippen LogP contribution in [0.25, 0.3) is 0 Å². The van der Waals surface area contributed by atoms with Crippen LogP contribution in [0, 0.1) is 25.2 Å². The minimum atomic E-state index is -0.333. The maximum absolute atomic E-state index is 13.6. The average Bonchev–Trinajstić information content (AvgIpc) is 3.32. The number of rotatable bonds is 6. The van der Waals surface area contributed by atoms with Crippen LogP contribution in [0.4, 0.5) is 11.5 Å². The number of amides is 3. The molecular weight excluding hydrogens is 456 g/mol. The first-order valence-corrected chi connectivity index (χ1v) is 12.3. The van der Waals surface area contributed by atoms with Crippen LogP contribution in [0.2, 0.25) is 0 Å². The van der Waals surface area contributed by atoms with Crippen LogP contribution >= 0.6 is 0 Å². The van der Waals surface area contributed by atoms with Crippen LogP contribution in [0.5, 0.6) is 0 Å². The van der Waals surface area contributed by atoms with Gasteiger partial charge in [0.25, 0.3) is 11.8 Å². The Labute approximate surface area is 211 Å². The minimum Gasteiger partial charge on any atom is -0.353 e. The number of aromatic nitrogens is 1. The van der Waals surface area contributed by atoms with Gasteiger partial charge in [-0.1, -0.05) is 6.07 Å². The molecule has 4 rings (SSSR count). The molecule has 3 heterocycles. The van der Waals surface area contributed by atoms with Gasteiger partial charge in [-0.05, 0) is 49.6 Å². The lowest BCUT2D eigenvalue weighted by Crippen LogP contribution is -2.49. The van der Waals surface area contributed by atoms with E-state index < -0.39 is 0 Å². The van der Waals surface area contributed by atoms with Crippen LogP contribution in [-0.4, -0.2) is 78.8 Å². The monoisotopic (exact) mass is 488 g/mol. The molecule has 2 saturated heterocycles. The molecule has 1 aromatic heterocycles. The number of carbonyl (C=O) groups excluding carboxylic acids is 3. The second-order valence-electron chi connectivity index (χ2n) is 9.45. The molecule has 0 aliphatic carbocycles. The van der Waals surface area contributed by atoms with Crippen LogP contribution in [-0.2, 0) is 4.79 Å². The summed E-state index contributed by atoms with van der Waals surface area (Å²) in [4.78, 5) is 50.9. The zero-order chi connectivity index (χ0) is 25.8. The van der Waals surface area contributed by atoms with Gasteiger partial charge in [-0.15, -0.1) is 0 Å². The summed E-state index contributed by atoms with van der Waals surface area (Å²) in [6.07, 6.45) is 3.30. The third-order valence-electron chi connectivity index (χ3n) is 6.81. The summed E-state index contributed by atoms with van der Waals surface area (Å²) in [5.74, 6) is 0.406. The Bertz CT molecular complexity index is 1210. The third-order valence-corrected chi connectivity index (χ3v) is 6.81. The van der Waals surface area contributed by atoms with E-state index in [4.69, 9.17) is 5.26 Å². The van der Waals surface area contributed by atoms with E-state index in [0.717, 1.165) is 23.4 Å². The molecule has 2 fully saturated rings. The fraction of sp³-hybridized carbons (Fsp3) is 0.444. The van der Waals surface area contributed by atoms with Crippen molar-refractivity contribution < 1.29 is 14.4 Å². The molecule has 2 aromatic rings. The topological polar surface area (TPSA) is 101 Å². The standard InChI is InChI=1S/C27H32N6O3/c1-19-16-20(2)25(29-18-19)31-12-14-32(15-13-31)27(36)22-8-7-21(33-11-4-6-24(33)34)17-23(22)26(35)30(3)10-5-9-28/h7-8,16-18H,4-6,10-15H2,1-3H3. The molecule has 0 unspecified atom stereocenters. The van der Waals surface area contributed by atoms with Crippen molar-refractivity contribution in [2.45, 2.75) is 33.1 Å². The van der Waals surface area contributed by atoms with E-state index in [9.17, 15) is 14.4 Å². The van der Waals surface area contributed by atoms with E-state index in [1.165, 1.54) is 4.90 Å². The molecule has 0 spiro atoms. The Hall–Kier alpha value is -3.93.